The van der Waals surface area contributed by atoms with Gasteiger partial charge >= 0.3 is 6.03 Å². The minimum absolute atomic E-state index is 0.0173. The van der Waals surface area contributed by atoms with Crippen LogP contribution in [0.15, 0.2) is 49.1 Å². The van der Waals surface area contributed by atoms with Crippen molar-refractivity contribution in [3.05, 3.63) is 54.7 Å². The van der Waals surface area contributed by atoms with Crippen LogP contribution in [0.3, 0.4) is 0 Å². The summed E-state index contributed by atoms with van der Waals surface area (Å²) in [7, 11) is 6.41. The molecule has 0 saturated carbocycles. The first-order valence-corrected chi connectivity index (χ1v) is 13.0. The van der Waals surface area contributed by atoms with Crippen molar-refractivity contribution in [2.24, 2.45) is 0 Å². The van der Waals surface area contributed by atoms with Gasteiger partial charge in [0.15, 0.2) is 5.65 Å². The standard InChI is InChI=1S/C24H24BIN8O/c25-20-21(15-5-10-33(11-6-15)24(35)29-9-7-26)32-23-18(14-31-34(23)22(20)27)16-3-4-19(30-13-16)17-2-1-8-28-12-17/h1-4,8,12-15H,5-7,9-11,27H2,(H,29,35). The maximum absolute atomic E-state index is 12.3. The number of nitrogens with one attached hydrogen (secondary N) is 1. The van der Waals surface area contributed by atoms with E-state index in [4.69, 9.17) is 18.6 Å². The normalized spacial score (nSPS) is 14.4. The molecule has 0 aromatic carbocycles. The Labute approximate surface area is 218 Å². The molecule has 4 aromatic rings. The summed E-state index contributed by atoms with van der Waals surface area (Å²) in [5.74, 6) is 0.489. The third-order valence-electron chi connectivity index (χ3n) is 6.32. The number of rotatable bonds is 5. The number of anilines is 1. The van der Waals surface area contributed by atoms with Crippen molar-refractivity contribution in [3.8, 4) is 22.4 Å². The Kier molecular flexibility index (Phi) is 6.84. The molecular formula is C24H24BIN8O. The molecule has 4 aromatic heterocycles. The molecule has 5 heterocycles. The molecule has 35 heavy (non-hydrogen) atoms. The molecular weight excluding hydrogens is 554 g/mol. The van der Waals surface area contributed by atoms with Crippen LogP contribution in [0.2, 0.25) is 0 Å². The highest BCUT2D eigenvalue weighted by Gasteiger charge is 2.27. The number of nitrogen functional groups attached to an aromatic ring is 1. The smallest absolute Gasteiger partial charge is 0.317 e. The first-order valence-electron chi connectivity index (χ1n) is 11.4. The monoisotopic (exact) mass is 578 g/mol. The Bertz CT molecular complexity index is 1340. The van der Waals surface area contributed by atoms with E-state index in [2.05, 4.69) is 43.0 Å². The van der Waals surface area contributed by atoms with Gasteiger partial charge in [-0.25, -0.2) is 9.78 Å². The molecule has 1 aliphatic heterocycles. The van der Waals surface area contributed by atoms with Gasteiger partial charge in [0, 0.05) is 71.0 Å². The molecule has 0 atom stereocenters. The number of amides is 2. The molecule has 1 fully saturated rings. The Hall–Kier alpha value is -3.22. The number of hydrogen-bond donors (Lipinski definition) is 2. The Balaban J connectivity index is 1.42. The third-order valence-corrected chi connectivity index (χ3v) is 6.86. The minimum Gasteiger partial charge on any atom is -0.384 e. The van der Waals surface area contributed by atoms with Gasteiger partial charge in [-0.05, 0) is 36.5 Å². The molecule has 1 saturated heterocycles. The number of carbonyl (C=O) groups excluding carboxylic acids is 1. The predicted octanol–water partition coefficient (Wildman–Crippen LogP) is 2.55. The van der Waals surface area contributed by atoms with Gasteiger partial charge in [-0.2, -0.15) is 9.61 Å². The number of likely N-dealkylation sites (tertiary alicyclic amines) is 1. The lowest BCUT2D eigenvalue weighted by atomic mass is 9.84. The molecule has 0 unspecified atom stereocenters. The van der Waals surface area contributed by atoms with Gasteiger partial charge in [0.2, 0.25) is 0 Å². The van der Waals surface area contributed by atoms with E-state index in [-0.39, 0.29) is 11.9 Å². The zero-order chi connectivity index (χ0) is 24.4. The molecule has 176 valence electrons. The molecule has 5 rings (SSSR count). The first-order chi connectivity index (χ1) is 17.1. The van der Waals surface area contributed by atoms with Crippen LogP contribution in [0.4, 0.5) is 10.6 Å². The summed E-state index contributed by atoms with van der Waals surface area (Å²) in [6.45, 7) is 1.97. The van der Waals surface area contributed by atoms with E-state index >= 15 is 0 Å². The number of carbonyl (C=O) groups is 1. The summed E-state index contributed by atoms with van der Waals surface area (Å²) >= 11 is 2.25. The van der Waals surface area contributed by atoms with Crippen molar-refractivity contribution in [1.29, 1.82) is 0 Å². The highest BCUT2D eigenvalue weighted by molar-refractivity contribution is 14.1. The number of pyridine rings is 2. The van der Waals surface area contributed by atoms with Crippen molar-refractivity contribution >= 4 is 53.4 Å². The van der Waals surface area contributed by atoms with Crippen LogP contribution in [-0.4, -0.2) is 67.4 Å². The van der Waals surface area contributed by atoms with Crippen LogP contribution in [-0.2, 0) is 0 Å². The van der Waals surface area contributed by atoms with Crippen molar-refractivity contribution in [1.82, 2.24) is 34.8 Å². The Morgan fingerprint density at radius 3 is 2.69 bits per heavy atom. The largest absolute Gasteiger partial charge is 0.384 e. The van der Waals surface area contributed by atoms with Crippen LogP contribution in [0.1, 0.15) is 24.5 Å². The number of halogens is 1. The average molecular weight is 578 g/mol. The summed E-state index contributed by atoms with van der Waals surface area (Å²) in [5.41, 5.74) is 11.8. The quantitative estimate of drug-likeness (QED) is 0.214. The Morgan fingerprint density at radius 1 is 1.17 bits per heavy atom. The van der Waals surface area contributed by atoms with E-state index in [1.165, 1.54) is 0 Å². The van der Waals surface area contributed by atoms with Crippen LogP contribution < -0.4 is 16.5 Å². The molecule has 2 amide bonds. The molecule has 1 aliphatic rings. The fraction of sp³-hybridized carbons (Fsp3) is 0.292. The SMILES string of the molecule is [B]c1c(C2CCN(C(=O)NCCI)CC2)nc2c(-c3ccc(-c4cccnc4)nc3)cnn2c1N. The molecule has 0 spiro atoms. The zero-order valence-corrected chi connectivity index (χ0v) is 21.2. The topological polar surface area (TPSA) is 114 Å². The number of nitrogens with two attached hydrogens (primary N) is 1. The number of fused-ring (bicyclic) bond motifs is 1. The second-order valence-electron chi connectivity index (χ2n) is 8.45. The van der Waals surface area contributed by atoms with Crippen molar-refractivity contribution in [2.45, 2.75) is 18.8 Å². The van der Waals surface area contributed by atoms with E-state index in [1.807, 2.05) is 29.2 Å². The highest BCUT2D eigenvalue weighted by Crippen LogP contribution is 2.30. The third kappa shape index (κ3) is 4.69. The van der Waals surface area contributed by atoms with Crippen molar-refractivity contribution in [2.75, 3.05) is 29.8 Å². The van der Waals surface area contributed by atoms with Gasteiger partial charge in [0.05, 0.1) is 11.9 Å². The molecule has 9 nitrogen and oxygen atoms in total. The van der Waals surface area contributed by atoms with E-state index in [0.29, 0.717) is 36.6 Å². The van der Waals surface area contributed by atoms with Crippen molar-refractivity contribution < 1.29 is 4.79 Å². The van der Waals surface area contributed by atoms with Crippen molar-refractivity contribution in [3.63, 3.8) is 0 Å². The minimum atomic E-state index is -0.0173. The van der Waals surface area contributed by atoms with Crippen LogP contribution in [0, 0.1) is 0 Å². The summed E-state index contributed by atoms with van der Waals surface area (Å²) in [5, 5.41) is 7.37. The molecule has 0 aliphatic carbocycles. The van der Waals surface area contributed by atoms with E-state index < -0.39 is 0 Å². The number of nitrogens with zero attached hydrogens (tertiary/aromatic N) is 6. The van der Waals surface area contributed by atoms with Gasteiger partial charge in [-0.1, -0.05) is 28.7 Å². The lowest BCUT2D eigenvalue weighted by Crippen LogP contribution is -2.45. The van der Waals surface area contributed by atoms with E-state index in [9.17, 15) is 4.79 Å². The second-order valence-corrected chi connectivity index (χ2v) is 9.52. The maximum atomic E-state index is 12.3. The number of hydrogen-bond acceptors (Lipinski definition) is 6. The van der Waals surface area contributed by atoms with Crippen LogP contribution in [0.5, 0.6) is 0 Å². The highest BCUT2D eigenvalue weighted by atomic mass is 127. The molecule has 11 heteroatoms. The number of aromatic nitrogens is 5. The summed E-state index contributed by atoms with van der Waals surface area (Å²) in [6, 6.07) is 7.79. The van der Waals surface area contributed by atoms with E-state index in [0.717, 1.165) is 45.3 Å². The predicted molar refractivity (Wildman–Crippen MR) is 145 cm³/mol. The second kappa shape index (κ2) is 10.2. The molecule has 3 N–H and O–H groups in total. The first kappa shape index (κ1) is 23.5. The summed E-state index contributed by atoms with van der Waals surface area (Å²) < 4.78 is 2.46. The van der Waals surface area contributed by atoms with Gasteiger partial charge in [-0.15, -0.1) is 0 Å². The maximum Gasteiger partial charge on any atom is 0.317 e. The summed E-state index contributed by atoms with van der Waals surface area (Å²) in [6.07, 6.45) is 8.61. The van der Waals surface area contributed by atoms with Gasteiger partial charge < -0.3 is 16.0 Å². The van der Waals surface area contributed by atoms with Gasteiger partial charge in [0.1, 0.15) is 13.7 Å². The molecule has 2 radical (unpaired) electrons. The number of piperidine rings is 1. The molecule has 0 bridgehead atoms. The lowest BCUT2D eigenvalue weighted by Gasteiger charge is -2.32. The number of urea groups is 1. The fourth-order valence-electron chi connectivity index (χ4n) is 4.42. The lowest BCUT2D eigenvalue weighted by molar-refractivity contribution is 0.182. The van der Waals surface area contributed by atoms with E-state index in [1.54, 1.807) is 29.3 Å². The fourth-order valence-corrected chi connectivity index (χ4v) is 4.69. The van der Waals surface area contributed by atoms with Crippen LogP contribution in [0.25, 0.3) is 28.0 Å². The summed E-state index contributed by atoms with van der Waals surface area (Å²) in [4.78, 5) is 27.9. The van der Waals surface area contributed by atoms with Gasteiger partial charge in [0.25, 0.3) is 0 Å². The zero-order valence-electron chi connectivity index (χ0n) is 19.1. The average Bonchev–Trinajstić information content (AvgIpc) is 3.34. The van der Waals surface area contributed by atoms with Gasteiger partial charge in [-0.3, -0.25) is 9.97 Å². The Morgan fingerprint density at radius 2 is 2.00 bits per heavy atom. The van der Waals surface area contributed by atoms with Crippen LogP contribution >= 0.6 is 22.6 Å². The number of alkyl halides is 1.